The summed E-state index contributed by atoms with van der Waals surface area (Å²) in [5.41, 5.74) is 1.63. The first-order chi connectivity index (χ1) is 14.1. The van der Waals surface area contributed by atoms with Gasteiger partial charge in [0.05, 0.1) is 12.1 Å². The summed E-state index contributed by atoms with van der Waals surface area (Å²) in [7, 11) is 3.10. The van der Waals surface area contributed by atoms with Gasteiger partial charge in [0.2, 0.25) is 0 Å². The molecule has 0 bridgehead atoms. The van der Waals surface area contributed by atoms with Gasteiger partial charge in [0, 0.05) is 13.5 Å². The topological polar surface area (TPSA) is 77.0 Å². The van der Waals surface area contributed by atoms with E-state index < -0.39 is 17.9 Å². The predicted octanol–water partition coefficient (Wildman–Crippen LogP) is 4.56. The van der Waals surface area contributed by atoms with Gasteiger partial charge in [-0.15, -0.1) is 0 Å². The molecule has 1 heterocycles. The Balaban J connectivity index is 2.12. The number of aliphatic hydroxyl groups is 1. The lowest BCUT2D eigenvalue weighted by Crippen LogP contribution is -2.63. The molecule has 2 rings (SSSR count). The largest absolute Gasteiger partial charge is 0.495 e. The number of nitrogens with one attached hydrogen (secondary N) is 1. The maximum atomic E-state index is 11.9. The summed E-state index contributed by atoms with van der Waals surface area (Å²) in [6.07, 6.45) is 4.74. The van der Waals surface area contributed by atoms with Gasteiger partial charge in [-0.05, 0) is 43.4 Å². The molecule has 1 aliphatic rings. The Morgan fingerprint density at radius 3 is 2.73 bits per heavy atom. The van der Waals surface area contributed by atoms with E-state index in [2.05, 4.69) is 5.32 Å². The minimum atomic E-state index is -1.53. The molecule has 0 radical (unpaired) electrons. The maximum absolute atomic E-state index is 11.9. The number of allylic oxidation sites excluding steroid dienone is 3. The second-order valence-corrected chi connectivity index (χ2v) is 8.48. The number of ether oxygens (including phenoxy) is 3. The highest BCUT2D eigenvalue weighted by atomic mass is 35.5. The molecule has 1 saturated heterocycles. The number of methoxy groups -OCH3 is 2. The summed E-state index contributed by atoms with van der Waals surface area (Å²) < 4.78 is 16.1. The number of halogens is 1. The molecule has 6 nitrogen and oxygen atoms in total. The van der Waals surface area contributed by atoms with Crippen molar-refractivity contribution in [2.75, 3.05) is 14.2 Å². The molecule has 1 amide bonds. The zero-order valence-electron chi connectivity index (χ0n) is 18.5. The number of cyclic esters (lactones) is 1. The third-order valence-electron chi connectivity index (χ3n) is 5.21. The molecule has 3 atom stereocenters. The van der Waals surface area contributed by atoms with Gasteiger partial charge in [-0.1, -0.05) is 55.3 Å². The molecule has 0 unspecified atom stereocenters. The summed E-state index contributed by atoms with van der Waals surface area (Å²) in [5.74, 6) is 0.748. The van der Waals surface area contributed by atoms with Gasteiger partial charge in [0.1, 0.15) is 18.0 Å². The van der Waals surface area contributed by atoms with E-state index in [-0.39, 0.29) is 18.4 Å². The Morgan fingerprint density at radius 1 is 1.43 bits per heavy atom. The minimum absolute atomic E-state index is 0.0889. The standard InChI is InChI=1S/C23H32ClNO5/c1-14(2)19-13-23(27,25-22(26)30-19)20(29-6)9-7-8-15(3)10-17-11-16(4)21(24)18(12-17)28-5/h7-9,11-12,14,19-20,27H,10,13H2,1-6H3,(H,25,26)/b9-7+,15-8+/t19-,20+,23-/m0/s1. The number of carbonyl (C=O) groups is 1. The first-order valence-electron chi connectivity index (χ1n) is 10.0. The van der Waals surface area contributed by atoms with Crippen molar-refractivity contribution in [1.29, 1.82) is 0 Å². The smallest absolute Gasteiger partial charge is 0.409 e. The molecular formula is C23H32ClNO5. The van der Waals surface area contributed by atoms with E-state index >= 15 is 0 Å². The second-order valence-electron chi connectivity index (χ2n) is 8.10. The van der Waals surface area contributed by atoms with Crippen LogP contribution in [0, 0.1) is 12.8 Å². The molecule has 30 heavy (non-hydrogen) atoms. The van der Waals surface area contributed by atoms with Crippen molar-refractivity contribution >= 4 is 17.7 Å². The van der Waals surface area contributed by atoms with E-state index in [1.807, 2.05) is 52.0 Å². The number of aryl methyl sites for hydroxylation is 1. The van der Waals surface area contributed by atoms with Crippen molar-refractivity contribution < 1.29 is 24.1 Å². The van der Waals surface area contributed by atoms with Crippen LogP contribution in [-0.4, -0.2) is 43.4 Å². The molecule has 0 saturated carbocycles. The maximum Gasteiger partial charge on any atom is 0.409 e. The van der Waals surface area contributed by atoms with E-state index in [1.165, 1.54) is 7.11 Å². The van der Waals surface area contributed by atoms with Crippen molar-refractivity contribution in [3.63, 3.8) is 0 Å². The zero-order valence-corrected chi connectivity index (χ0v) is 19.2. The summed E-state index contributed by atoms with van der Waals surface area (Å²) in [5, 5.41) is 14.1. The van der Waals surface area contributed by atoms with Crippen LogP contribution in [-0.2, 0) is 15.9 Å². The van der Waals surface area contributed by atoms with Crippen molar-refractivity contribution in [2.45, 2.75) is 58.5 Å². The fourth-order valence-electron chi connectivity index (χ4n) is 3.50. The van der Waals surface area contributed by atoms with Gasteiger partial charge in [-0.25, -0.2) is 4.79 Å². The van der Waals surface area contributed by atoms with Crippen LogP contribution in [0.25, 0.3) is 0 Å². The number of carbonyl (C=O) groups excluding carboxylic acids is 1. The molecule has 1 aromatic rings. The minimum Gasteiger partial charge on any atom is -0.495 e. The zero-order chi connectivity index (χ0) is 22.5. The number of rotatable bonds is 8. The molecule has 1 aromatic carbocycles. The monoisotopic (exact) mass is 437 g/mol. The van der Waals surface area contributed by atoms with Crippen LogP contribution in [0.3, 0.4) is 0 Å². The first kappa shape index (κ1) is 24.3. The van der Waals surface area contributed by atoms with Crippen LogP contribution >= 0.6 is 11.6 Å². The highest BCUT2D eigenvalue weighted by molar-refractivity contribution is 6.32. The van der Waals surface area contributed by atoms with Crippen LogP contribution in [0.4, 0.5) is 4.79 Å². The van der Waals surface area contributed by atoms with Crippen LogP contribution in [0.15, 0.2) is 35.9 Å². The van der Waals surface area contributed by atoms with Gasteiger partial charge in [-0.3, -0.25) is 5.32 Å². The van der Waals surface area contributed by atoms with Crippen LogP contribution in [0.5, 0.6) is 5.75 Å². The van der Waals surface area contributed by atoms with E-state index in [1.54, 1.807) is 13.2 Å². The van der Waals surface area contributed by atoms with Gasteiger partial charge in [-0.2, -0.15) is 0 Å². The van der Waals surface area contributed by atoms with Crippen LogP contribution in [0.2, 0.25) is 5.02 Å². The fourth-order valence-corrected chi connectivity index (χ4v) is 3.68. The molecule has 7 heteroatoms. The van der Waals surface area contributed by atoms with Crippen LogP contribution < -0.4 is 10.1 Å². The molecule has 166 valence electrons. The summed E-state index contributed by atoms with van der Waals surface area (Å²) in [6.45, 7) is 7.86. The van der Waals surface area contributed by atoms with E-state index in [9.17, 15) is 9.90 Å². The highest BCUT2D eigenvalue weighted by Crippen LogP contribution is 2.30. The number of hydrogen-bond donors (Lipinski definition) is 2. The molecule has 2 N–H and O–H groups in total. The summed E-state index contributed by atoms with van der Waals surface area (Å²) in [4.78, 5) is 11.9. The van der Waals surface area contributed by atoms with Crippen molar-refractivity contribution in [2.24, 2.45) is 5.92 Å². The average molecular weight is 438 g/mol. The fraction of sp³-hybridized carbons (Fsp3) is 0.522. The number of amides is 1. The Kier molecular flexibility index (Phi) is 8.35. The third-order valence-corrected chi connectivity index (χ3v) is 5.69. The summed E-state index contributed by atoms with van der Waals surface area (Å²) >= 11 is 6.24. The van der Waals surface area contributed by atoms with Gasteiger partial charge >= 0.3 is 6.09 Å². The Morgan fingerprint density at radius 2 is 2.13 bits per heavy atom. The Hall–Kier alpha value is -2.02. The molecule has 0 aromatic heterocycles. The highest BCUT2D eigenvalue weighted by Gasteiger charge is 2.45. The predicted molar refractivity (Wildman–Crippen MR) is 118 cm³/mol. The van der Waals surface area contributed by atoms with Crippen LogP contribution in [0.1, 0.15) is 38.3 Å². The number of alkyl carbamates (subject to hydrolysis) is 1. The van der Waals surface area contributed by atoms with Gasteiger partial charge in [0.25, 0.3) is 0 Å². The lowest BCUT2D eigenvalue weighted by molar-refractivity contribution is -0.140. The lowest BCUT2D eigenvalue weighted by Gasteiger charge is -2.41. The summed E-state index contributed by atoms with van der Waals surface area (Å²) in [6, 6.07) is 3.97. The second kappa shape index (κ2) is 10.3. The van der Waals surface area contributed by atoms with Crippen molar-refractivity contribution in [3.05, 3.63) is 52.1 Å². The number of benzene rings is 1. The molecule has 1 aliphatic heterocycles. The lowest BCUT2D eigenvalue weighted by atomic mass is 9.91. The average Bonchev–Trinajstić information content (AvgIpc) is 2.66. The van der Waals surface area contributed by atoms with Gasteiger partial charge in [0.15, 0.2) is 5.72 Å². The normalized spacial score (nSPS) is 23.4. The van der Waals surface area contributed by atoms with E-state index in [0.29, 0.717) is 10.8 Å². The Bertz CT molecular complexity index is 820. The number of hydrogen-bond acceptors (Lipinski definition) is 5. The van der Waals surface area contributed by atoms with E-state index in [0.717, 1.165) is 23.1 Å². The third kappa shape index (κ3) is 6.00. The molecule has 0 aliphatic carbocycles. The SMILES string of the molecule is COc1cc(C/C(C)=C/C=C/[C@@H](OC)[C@@]2(O)C[C@@H](C(C)C)OC(=O)N2)cc(C)c1Cl. The molecular weight excluding hydrogens is 406 g/mol. The molecule has 0 spiro atoms. The van der Waals surface area contributed by atoms with Gasteiger partial charge < -0.3 is 19.3 Å². The van der Waals surface area contributed by atoms with Crippen molar-refractivity contribution in [1.82, 2.24) is 5.32 Å². The Labute approximate surface area is 183 Å². The van der Waals surface area contributed by atoms with E-state index in [4.69, 9.17) is 25.8 Å². The quantitative estimate of drug-likeness (QED) is 0.583. The van der Waals surface area contributed by atoms with Crippen molar-refractivity contribution in [3.8, 4) is 5.75 Å². The first-order valence-corrected chi connectivity index (χ1v) is 10.4. The molecule has 1 fully saturated rings.